The van der Waals surface area contributed by atoms with E-state index >= 15 is 0 Å². The Morgan fingerprint density at radius 3 is 2.41 bits per heavy atom. The number of carbonyl (C=O) groups excluding carboxylic acids is 1. The number of benzene rings is 3. The van der Waals surface area contributed by atoms with Gasteiger partial charge >= 0.3 is 0 Å². The van der Waals surface area contributed by atoms with Crippen LogP contribution in [0.3, 0.4) is 0 Å². The zero-order chi connectivity index (χ0) is 31.2. The highest BCUT2D eigenvalue weighted by atomic mass is 35.5. The standard InChI is InChI=1S/C34H42ClFN4O3S/c1-2-44-32-6-4-29(41)20-26(32)22-39-13-15-40(16-14-39)34(43)33(37)23-7-10-38(11-8-23)12-9-24-17-27(35)3-5-31(24)25-18-28(36)21-30(42)19-25/h3-6,17-21,23,33,41-42H,2,7-16,22,37H2,1H3. The molecule has 2 fully saturated rings. The van der Waals surface area contributed by atoms with Crippen molar-refractivity contribution >= 4 is 29.3 Å². The van der Waals surface area contributed by atoms with Gasteiger partial charge in [-0.3, -0.25) is 9.69 Å². The Labute approximate surface area is 268 Å². The van der Waals surface area contributed by atoms with Crippen LogP contribution in [-0.2, 0) is 17.8 Å². The quantitative estimate of drug-likeness (QED) is 0.249. The van der Waals surface area contributed by atoms with E-state index in [1.165, 1.54) is 11.0 Å². The van der Waals surface area contributed by atoms with Crippen molar-refractivity contribution < 1.29 is 19.4 Å². The van der Waals surface area contributed by atoms with Crippen LogP contribution in [0.25, 0.3) is 11.1 Å². The predicted octanol–water partition coefficient (Wildman–Crippen LogP) is 5.60. The summed E-state index contributed by atoms with van der Waals surface area (Å²) in [6, 6.07) is 14.7. The number of nitrogens with zero attached hydrogens (tertiary/aromatic N) is 3. The summed E-state index contributed by atoms with van der Waals surface area (Å²) < 4.78 is 14.0. The molecule has 2 aliphatic rings. The highest BCUT2D eigenvalue weighted by Gasteiger charge is 2.33. The average molecular weight is 641 g/mol. The molecule has 0 spiro atoms. The van der Waals surface area contributed by atoms with Crippen LogP contribution in [0, 0.1) is 11.7 Å². The molecule has 10 heteroatoms. The van der Waals surface area contributed by atoms with Crippen LogP contribution >= 0.6 is 23.4 Å². The fraction of sp³-hybridized carbons (Fsp3) is 0.441. The van der Waals surface area contributed by atoms with Crippen molar-refractivity contribution in [2.45, 2.75) is 43.7 Å². The number of piperidine rings is 1. The molecule has 3 aromatic carbocycles. The maximum atomic E-state index is 14.0. The molecule has 0 aliphatic carbocycles. The van der Waals surface area contributed by atoms with Crippen LogP contribution in [0.2, 0.25) is 5.02 Å². The van der Waals surface area contributed by atoms with Crippen LogP contribution < -0.4 is 5.73 Å². The largest absolute Gasteiger partial charge is 0.508 e. The highest BCUT2D eigenvalue weighted by Crippen LogP contribution is 2.31. The molecule has 4 N–H and O–H groups in total. The average Bonchev–Trinajstić information content (AvgIpc) is 3.01. The van der Waals surface area contributed by atoms with Gasteiger partial charge in [0.2, 0.25) is 5.91 Å². The summed E-state index contributed by atoms with van der Waals surface area (Å²) in [5.74, 6) is 0.862. The number of halogens is 2. The van der Waals surface area contributed by atoms with Crippen molar-refractivity contribution in [2.24, 2.45) is 11.7 Å². The maximum absolute atomic E-state index is 14.0. The van der Waals surface area contributed by atoms with E-state index in [-0.39, 0.29) is 23.3 Å². The predicted molar refractivity (Wildman–Crippen MR) is 176 cm³/mol. The molecule has 44 heavy (non-hydrogen) atoms. The molecule has 3 aromatic rings. The molecule has 2 aliphatic heterocycles. The normalized spacial score (nSPS) is 17.6. The molecular formula is C34H42ClFN4O3S. The molecule has 1 atom stereocenters. The lowest BCUT2D eigenvalue weighted by Gasteiger charge is -2.39. The zero-order valence-corrected chi connectivity index (χ0v) is 26.8. The molecule has 2 saturated heterocycles. The second-order valence-electron chi connectivity index (χ2n) is 11.8. The van der Waals surface area contributed by atoms with Gasteiger partial charge in [0.15, 0.2) is 0 Å². The van der Waals surface area contributed by atoms with Crippen molar-refractivity contribution in [3.63, 3.8) is 0 Å². The first kappa shape index (κ1) is 32.6. The number of thioether (sulfide) groups is 1. The van der Waals surface area contributed by atoms with E-state index in [1.54, 1.807) is 30.0 Å². The van der Waals surface area contributed by atoms with Crippen molar-refractivity contribution in [1.29, 1.82) is 0 Å². The second kappa shape index (κ2) is 15.0. The van der Waals surface area contributed by atoms with Crippen LogP contribution in [0.1, 0.15) is 30.9 Å². The second-order valence-corrected chi connectivity index (χ2v) is 13.5. The van der Waals surface area contributed by atoms with E-state index < -0.39 is 11.9 Å². The number of amides is 1. The number of nitrogens with two attached hydrogens (primary N) is 1. The molecule has 7 nitrogen and oxygen atoms in total. The first-order valence-corrected chi connectivity index (χ1v) is 16.8. The van der Waals surface area contributed by atoms with E-state index in [2.05, 4.69) is 16.7 Å². The van der Waals surface area contributed by atoms with E-state index in [1.807, 2.05) is 29.2 Å². The number of rotatable bonds is 10. The van der Waals surface area contributed by atoms with Crippen molar-refractivity contribution in [3.05, 3.63) is 76.6 Å². The summed E-state index contributed by atoms with van der Waals surface area (Å²) in [7, 11) is 0. The minimum atomic E-state index is -0.498. The number of carbonyl (C=O) groups is 1. The number of likely N-dealkylation sites (tertiary alicyclic amines) is 1. The van der Waals surface area contributed by atoms with Gasteiger partial charge in [-0.15, -0.1) is 11.8 Å². The molecule has 1 amide bonds. The topological polar surface area (TPSA) is 93.3 Å². The monoisotopic (exact) mass is 640 g/mol. The van der Waals surface area contributed by atoms with Crippen LogP contribution in [0.4, 0.5) is 4.39 Å². The molecule has 0 saturated carbocycles. The third kappa shape index (κ3) is 8.25. The Balaban J connectivity index is 1.09. The van der Waals surface area contributed by atoms with Crippen molar-refractivity contribution in [3.8, 4) is 22.6 Å². The fourth-order valence-corrected chi connectivity index (χ4v) is 7.34. The van der Waals surface area contributed by atoms with Crippen LogP contribution in [0.15, 0.2) is 59.5 Å². The lowest BCUT2D eigenvalue weighted by Crippen LogP contribution is -2.55. The van der Waals surface area contributed by atoms with Gasteiger partial charge in [0, 0.05) is 55.3 Å². The fourth-order valence-electron chi connectivity index (χ4n) is 6.36. The molecular weight excluding hydrogens is 599 g/mol. The Hall–Kier alpha value is -2.82. The van der Waals surface area contributed by atoms with E-state index in [4.69, 9.17) is 17.3 Å². The summed E-state index contributed by atoms with van der Waals surface area (Å²) in [6.07, 6.45) is 2.46. The number of phenolic OH excluding ortho intramolecular Hbond substituents is 2. The van der Waals surface area contributed by atoms with Gasteiger partial charge in [-0.1, -0.05) is 24.6 Å². The summed E-state index contributed by atoms with van der Waals surface area (Å²) in [6.45, 7) is 8.29. The van der Waals surface area contributed by atoms with Gasteiger partial charge in [0.1, 0.15) is 17.3 Å². The van der Waals surface area contributed by atoms with E-state index in [0.29, 0.717) is 23.7 Å². The number of aromatic hydroxyl groups is 2. The Morgan fingerprint density at radius 1 is 0.955 bits per heavy atom. The summed E-state index contributed by atoms with van der Waals surface area (Å²) in [5, 5.41) is 20.5. The number of hydrogen-bond donors (Lipinski definition) is 3. The third-order valence-corrected chi connectivity index (χ3v) is 10.0. The summed E-state index contributed by atoms with van der Waals surface area (Å²) in [5.41, 5.74) is 10.2. The molecule has 236 valence electrons. The number of hydrogen-bond acceptors (Lipinski definition) is 7. The smallest absolute Gasteiger partial charge is 0.239 e. The lowest BCUT2D eigenvalue weighted by atomic mass is 9.88. The Bertz CT molecular complexity index is 1420. The first-order chi connectivity index (χ1) is 21.2. The Kier molecular flexibility index (Phi) is 11.1. The minimum absolute atomic E-state index is 0.0459. The maximum Gasteiger partial charge on any atom is 0.239 e. The highest BCUT2D eigenvalue weighted by molar-refractivity contribution is 7.99. The van der Waals surface area contributed by atoms with Crippen LogP contribution in [-0.4, -0.2) is 88.4 Å². The van der Waals surface area contributed by atoms with Crippen molar-refractivity contribution in [2.75, 3.05) is 51.6 Å². The van der Waals surface area contributed by atoms with Gasteiger partial charge in [0.25, 0.3) is 0 Å². The first-order valence-electron chi connectivity index (χ1n) is 15.4. The molecule has 0 radical (unpaired) electrons. The van der Waals surface area contributed by atoms with E-state index in [9.17, 15) is 19.4 Å². The van der Waals surface area contributed by atoms with E-state index in [0.717, 1.165) is 87.0 Å². The Morgan fingerprint density at radius 2 is 1.70 bits per heavy atom. The van der Waals surface area contributed by atoms with Crippen LogP contribution in [0.5, 0.6) is 11.5 Å². The molecule has 5 rings (SSSR count). The number of piperazine rings is 1. The van der Waals surface area contributed by atoms with Gasteiger partial charge in [-0.05, 0) is 109 Å². The SMILES string of the molecule is CCSc1ccc(O)cc1CN1CCN(C(=O)C(N)C2CCN(CCc3cc(Cl)ccc3-c3cc(O)cc(F)c3)CC2)CC1. The van der Waals surface area contributed by atoms with Gasteiger partial charge in [-0.2, -0.15) is 0 Å². The molecule has 1 unspecified atom stereocenters. The van der Waals surface area contributed by atoms with Gasteiger partial charge < -0.3 is 25.7 Å². The number of phenols is 2. The lowest BCUT2D eigenvalue weighted by molar-refractivity contribution is -0.136. The third-order valence-electron chi connectivity index (χ3n) is 8.81. The summed E-state index contributed by atoms with van der Waals surface area (Å²) in [4.78, 5) is 21.2. The summed E-state index contributed by atoms with van der Waals surface area (Å²) >= 11 is 8.08. The van der Waals surface area contributed by atoms with Gasteiger partial charge in [-0.25, -0.2) is 4.39 Å². The molecule has 2 heterocycles. The molecule has 0 bridgehead atoms. The zero-order valence-electron chi connectivity index (χ0n) is 25.2. The van der Waals surface area contributed by atoms with Crippen molar-refractivity contribution in [1.82, 2.24) is 14.7 Å². The molecule has 0 aromatic heterocycles. The minimum Gasteiger partial charge on any atom is -0.508 e. The van der Waals surface area contributed by atoms with Gasteiger partial charge in [0.05, 0.1) is 6.04 Å².